The van der Waals surface area contributed by atoms with Gasteiger partial charge in [0.1, 0.15) is 11.6 Å². The molecule has 1 heterocycles. The molecule has 3 nitrogen and oxygen atoms in total. The van der Waals surface area contributed by atoms with Gasteiger partial charge in [-0.15, -0.1) is 0 Å². The molecular formula is C22H27FN2O. The largest absolute Gasteiger partial charge is 0.508 e. The number of rotatable bonds is 4. The fraction of sp³-hybridized carbons (Fsp3) is 0.455. The predicted octanol–water partition coefficient (Wildman–Crippen LogP) is 3.25. The van der Waals surface area contributed by atoms with Gasteiger partial charge in [0, 0.05) is 17.5 Å². The van der Waals surface area contributed by atoms with Crippen molar-refractivity contribution in [3.8, 4) is 5.75 Å². The van der Waals surface area contributed by atoms with E-state index in [0.717, 1.165) is 37.9 Å². The zero-order valence-electron chi connectivity index (χ0n) is 15.5. The lowest BCUT2D eigenvalue weighted by Gasteiger charge is -2.55. The van der Waals surface area contributed by atoms with Gasteiger partial charge in [0.05, 0.1) is 0 Å². The first-order valence-electron chi connectivity index (χ1n) is 9.48. The van der Waals surface area contributed by atoms with Crippen molar-refractivity contribution in [3.05, 3.63) is 65.0 Å². The standard InChI is InChI=1S/C22H27FN2O/c1-22-10-12-25(2)20(13-16-5-8-18(26)14-19(16)22)21(22)24-11-9-15-3-6-17(23)7-4-15/h3-8,14,20-21,24,26H,9-13H2,1-2H3/t20-,21+,22?/m1/s1. The second kappa shape index (κ2) is 6.67. The van der Waals surface area contributed by atoms with Crippen LogP contribution in [0.15, 0.2) is 42.5 Å². The monoisotopic (exact) mass is 354 g/mol. The van der Waals surface area contributed by atoms with E-state index in [-0.39, 0.29) is 11.2 Å². The molecule has 2 aromatic carbocycles. The van der Waals surface area contributed by atoms with Crippen molar-refractivity contribution in [2.24, 2.45) is 0 Å². The number of nitrogens with one attached hydrogen (secondary N) is 1. The number of benzene rings is 2. The average Bonchev–Trinajstić information content (AvgIpc) is 2.62. The van der Waals surface area contributed by atoms with Gasteiger partial charge in [-0.1, -0.05) is 25.1 Å². The highest BCUT2D eigenvalue weighted by Gasteiger charge is 2.49. The summed E-state index contributed by atoms with van der Waals surface area (Å²) in [6, 6.07) is 13.4. The summed E-state index contributed by atoms with van der Waals surface area (Å²) in [5.74, 6) is 0.168. The third-order valence-electron chi connectivity index (χ3n) is 6.45. The molecule has 4 rings (SSSR count). The number of aromatic hydroxyl groups is 1. The molecule has 0 saturated carbocycles. The third-order valence-corrected chi connectivity index (χ3v) is 6.45. The summed E-state index contributed by atoms with van der Waals surface area (Å²) in [4.78, 5) is 2.47. The molecule has 1 saturated heterocycles. The predicted molar refractivity (Wildman–Crippen MR) is 102 cm³/mol. The lowest BCUT2D eigenvalue weighted by Crippen LogP contribution is -2.66. The number of phenols is 1. The van der Waals surface area contributed by atoms with E-state index in [2.05, 4.69) is 30.3 Å². The molecule has 3 atom stereocenters. The Bertz CT molecular complexity index is 791. The number of halogens is 1. The molecular weight excluding hydrogens is 327 g/mol. The normalized spacial score (nSPS) is 28.0. The summed E-state index contributed by atoms with van der Waals surface area (Å²) >= 11 is 0. The van der Waals surface area contributed by atoms with E-state index in [4.69, 9.17) is 0 Å². The van der Waals surface area contributed by atoms with Crippen LogP contribution in [0.25, 0.3) is 0 Å². The van der Waals surface area contributed by atoms with E-state index < -0.39 is 0 Å². The maximum absolute atomic E-state index is 13.1. The van der Waals surface area contributed by atoms with Crippen molar-refractivity contribution in [1.82, 2.24) is 10.2 Å². The first-order valence-corrected chi connectivity index (χ1v) is 9.48. The van der Waals surface area contributed by atoms with E-state index >= 15 is 0 Å². The van der Waals surface area contributed by atoms with Crippen LogP contribution in [-0.2, 0) is 18.3 Å². The molecule has 0 amide bonds. The fourth-order valence-electron chi connectivity index (χ4n) is 4.87. The van der Waals surface area contributed by atoms with Crippen LogP contribution in [0.4, 0.5) is 4.39 Å². The molecule has 26 heavy (non-hydrogen) atoms. The molecule has 1 aliphatic carbocycles. The highest BCUT2D eigenvalue weighted by molar-refractivity contribution is 5.45. The lowest BCUT2D eigenvalue weighted by molar-refractivity contribution is 0.0663. The minimum atomic E-state index is -0.186. The van der Waals surface area contributed by atoms with Gasteiger partial charge in [0.15, 0.2) is 0 Å². The topological polar surface area (TPSA) is 35.5 Å². The molecule has 1 aliphatic heterocycles. The van der Waals surface area contributed by atoms with E-state index in [9.17, 15) is 9.50 Å². The molecule has 0 radical (unpaired) electrons. The number of likely N-dealkylation sites (tertiary alicyclic amines) is 1. The zero-order valence-corrected chi connectivity index (χ0v) is 15.5. The summed E-state index contributed by atoms with van der Waals surface area (Å²) in [5, 5.41) is 13.8. The van der Waals surface area contributed by atoms with Crippen molar-refractivity contribution >= 4 is 0 Å². The molecule has 2 aliphatic rings. The van der Waals surface area contributed by atoms with Gasteiger partial charge in [-0.25, -0.2) is 4.39 Å². The Morgan fingerprint density at radius 1 is 1.23 bits per heavy atom. The van der Waals surface area contributed by atoms with Gasteiger partial charge in [-0.3, -0.25) is 0 Å². The quantitative estimate of drug-likeness (QED) is 0.885. The van der Waals surface area contributed by atoms with Crippen LogP contribution in [0.1, 0.15) is 30.0 Å². The SMILES string of the molecule is CN1CCC2(C)c3cc(O)ccc3C[C@@H]1[C@@H]2NCCc1ccc(F)cc1. The van der Waals surface area contributed by atoms with Crippen LogP contribution >= 0.6 is 0 Å². The van der Waals surface area contributed by atoms with Crippen molar-refractivity contribution in [3.63, 3.8) is 0 Å². The Balaban J connectivity index is 1.55. The molecule has 2 bridgehead atoms. The second-order valence-electron chi connectivity index (χ2n) is 8.07. The van der Waals surface area contributed by atoms with Gasteiger partial charge < -0.3 is 15.3 Å². The Morgan fingerprint density at radius 2 is 2.00 bits per heavy atom. The number of hydrogen-bond acceptors (Lipinski definition) is 3. The van der Waals surface area contributed by atoms with Crippen molar-refractivity contribution in [2.75, 3.05) is 20.1 Å². The smallest absolute Gasteiger partial charge is 0.123 e. The van der Waals surface area contributed by atoms with Crippen LogP contribution in [0.2, 0.25) is 0 Å². The molecule has 2 aromatic rings. The number of nitrogens with zero attached hydrogens (tertiary/aromatic N) is 1. The van der Waals surface area contributed by atoms with E-state index in [0.29, 0.717) is 17.8 Å². The molecule has 4 heteroatoms. The van der Waals surface area contributed by atoms with Crippen LogP contribution in [-0.4, -0.2) is 42.2 Å². The maximum Gasteiger partial charge on any atom is 0.123 e. The van der Waals surface area contributed by atoms with Gasteiger partial charge >= 0.3 is 0 Å². The van der Waals surface area contributed by atoms with Gasteiger partial charge in [0.25, 0.3) is 0 Å². The summed E-state index contributed by atoms with van der Waals surface area (Å²) < 4.78 is 13.1. The fourth-order valence-corrected chi connectivity index (χ4v) is 4.87. The number of phenolic OH excluding ortho intramolecular Hbond substituents is 1. The highest BCUT2D eigenvalue weighted by atomic mass is 19.1. The van der Waals surface area contributed by atoms with E-state index in [1.54, 1.807) is 6.07 Å². The molecule has 0 spiro atoms. The van der Waals surface area contributed by atoms with Gasteiger partial charge in [-0.05, 0) is 80.4 Å². The molecule has 1 unspecified atom stereocenters. The summed E-state index contributed by atoms with van der Waals surface area (Å²) in [6.45, 7) is 4.27. The Labute approximate surface area is 154 Å². The summed E-state index contributed by atoms with van der Waals surface area (Å²) in [5.41, 5.74) is 3.82. The molecule has 2 N–H and O–H groups in total. The Hall–Kier alpha value is -1.91. The third kappa shape index (κ3) is 3.01. The zero-order chi connectivity index (χ0) is 18.3. The number of piperidine rings is 1. The molecule has 1 fully saturated rings. The summed E-state index contributed by atoms with van der Waals surface area (Å²) in [6.07, 6.45) is 2.97. The van der Waals surface area contributed by atoms with Gasteiger partial charge in [-0.2, -0.15) is 0 Å². The Kier molecular flexibility index (Phi) is 4.49. The minimum absolute atomic E-state index is 0.0201. The summed E-state index contributed by atoms with van der Waals surface area (Å²) in [7, 11) is 2.21. The lowest BCUT2D eigenvalue weighted by atomic mass is 9.61. The van der Waals surface area contributed by atoms with Gasteiger partial charge in [0.2, 0.25) is 0 Å². The van der Waals surface area contributed by atoms with Crippen molar-refractivity contribution < 1.29 is 9.50 Å². The molecule has 0 aromatic heterocycles. The highest BCUT2D eigenvalue weighted by Crippen LogP contribution is 2.45. The number of hydrogen-bond donors (Lipinski definition) is 2. The molecule has 138 valence electrons. The Morgan fingerprint density at radius 3 is 2.77 bits per heavy atom. The number of likely N-dealkylation sites (N-methyl/N-ethyl adjacent to an activating group) is 1. The maximum atomic E-state index is 13.1. The van der Waals surface area contributed by atoms with Crippen LogP contribution in [0.3, 0.4) is 0 Å². The van der Waals surface area contributed by atoms with E-state index in [1.165, 1.54) is 23.3 Å². The first kappa shape index (κ1) is 17.5. The first-order chi connectivity index (χ1) is 12.5. The van der Waals surface area contributed by atoms with Crippen LogP contribution in [0, 0.1) is 5.82 Å². The van der Waals surface area contributed by atoms with Crippen molar-refractivity contribution in [2.45, 2.75) is 43.7 Å². The van der Waals surface area contributed by atoms with E-state index in [1.807, 2.05) is 18.2 Å². The second-order valence-corrected chi connectivity index (χ2v) is 8.07. The van der Waals surface area contributed by atoms with Crippen LogP contribution < -0.4 is 5.32 Å². The van der Waals surface area contributed by atoms with Crippen LogP contribution in [0.5, 0.6) is 5.75 Å². The number of fused-ring (bicyclic) bond motifs is 4. The minimum Gasteiger partial charge on any atom is -0.508 e. The average molecular weight is 354 g/mol. The van der Waals surface area contributed by atoms with Crippen molar-refractivity contribution in [1.29, 1.82) is 0 Å².